The summed E-state index contributed by atoms with van der Waals surface area (Å²) < 4.78 is 33.0. The van der Waals surface area contributed by atoms with E-state index in [4.69, 9.17) is 4.74 Å². The summed E-state index contributed by atoms with van der Waals surface area (Å²) in [6, 6.07) is 6.82. The third-order valence-electron chi connectivity index (χ3n) is 5.81. The minimum atomic E-state index is -2.57. The second kappa shape index (κ2) is 9.50. The van der Waals surface area contributed by atoms with Crippen molar-refractivity contribution in [1.82, 2.24) is 44.6 Å². The number of pyridine rings is 1. The predicted molar refractivity (Wildman–Crippen MR) is 124 cm³/mol. The van der Waals surface area contributed by atoms with Crippen LogP contribution in [0.4, 0.5) is 20.4 Å². The van der Waals surface area contributed by atoms with Gasteiger partial charge >= 0.3 is 0 Å². The van der Waals surface area contributed by atoms with Gasteiger partial charge in [0.2, 0.25) is 5.95 Å². The molecule has 4 aromatic heterocycles. The van der Waals surface area contributed by atoms with Crippen LogP contribution >= 0.6 is 0 Å². The van der Waals surface area contributed by atoms with Gasteiger partial charge in [-0.15, -0.1) is 10.2 Å². The van der Waals surface area contributed by atoms with Crippen LogP contribution in [0, 0.1) is 0 Å². The van der Waals surface area contributed by atoms with Crippen molar-refractivity contribution >= 4 is 17.5 Å². The molecule has 5 heterocycles. The number of rotatable bonds is 8. The highest BCUT2D eigenvalue weighted by atomic mass is 19.3. The van der Waals surface area contributed by atoms with E-state index in [1.807, 2.05) is 0 Å². The molecule has 192 valence electrons. The van der Waals surface area contributed by atoms with Crippen molar-refractivity contribution < 1.29 is 23.4 Å². The Labute approximate surface area is 208 Å². The second-order valence-electron chi connectivity index (χ2n) is 8.32. The number of nitrogens with one attached hydrogen (secondary N) is 1. The van der Waals surface area contributed by atoms with Gasteiger partial charge in [-0.05, 0) is 18.2 Å². The summed E-state index contributed by atoms with van der Waals surface area (Å²) in [6.07, 6.45) is 2.01. The molecule has 0 aliphatic carbocycles. The lowest BCUT2D eigenvalue weighted by Gasteiger charge is -2.17. The van der Waals surface area contributed by atoms with Gasteiger partial charge in [0.15, 0.2) is 11.4 Å². The first-order chi connectivity index (χ1) is 17.8. The van der Waals surface area contributed by atoms with Crippen LogP contribution < -0.4 is 10.1 Å². The summed E-state index contributed by atoms with van der Waals surface area (Å²) in [6.45, 7) is -0.166. The van der Waals surface area contributed by atoms with E-state index in [1.165, 1.54) is 35.3 Å². The van der Waals surface area contributed by atoms with Crippen LogP contribution in [0.3, 0.4) is 0 Å². The molecule has 1 atom stereocenters. The van der Waals surface area contributed by atoms with E-state index in [9.17, 15) is 18.7 Å². The lowest BCUT2D eigenvalue weighted by atomic mass is 9.99. The molecule has 1 fully saturated rings. The number of likely N-dealkylation sites (N-methyl/N-ethyl adjacent to an activating group) is 1. The number of amides is 1. The first-order valence-corrected chi connectivity index (χ1v) is 11.1. The zero-order valence-electron chi connectivity index (χ0n) is 19.8. The maximum Gasteiger partial charge on any atom is 0.260 e. The van der Waals surface area contributed by atoms with Gasteiger partial charge in [0.25, 0.3) is 18.2 Å². The highest BCUT2D eigenvalue weighted by Gasteiger charge is 2.47. The minimum Gasteiger partial charge on any atom is -0.478 e. The van der Waals surface area contributed by atoms with Crippen molar-refractivity contribution in [2.45, 2.75) is 25.0 Å². The highest BCUT2D eigenvalue weighted by Crippen LogP contribution is 2.31. The normalized spacial score (nSPS) is 17.6. The lowest BCUT2D eigenvalue weighted by Crippen LogP contribution is -2.36. The summed E-state index contributed by atoms with van der Waals surface area (Å²) in [7, 11) is 2.99. The molecule has 0 saturated carbocycles. The summed E-state index contributed by atoms with van der Waals surface area (Å²) in [4.78, 5) is 27.0. The molecule has 1 amide bonds. The Balaban J connectivity index is 1.39. The fourth-order valence-corrected chi connectivity index (χ4v) is 3.91. The predicted octanol–water partition coefficient (Wildman–Crippen LogP) is 1.38. The van der Waals surface area contributed by atoms with E-state index < -0.39 is 24.5 Å². The number of alkyl halides is 2. The maximum atomic E-state index is 12.7. The number of hydrogen-bond donors (Lipinski definition) is 2. The van der Waals surface area contributed by atoms with Gasteiger partial charge < -0.3 is 20.1 Å². The monoisotopic (exact) mass is 512 g/mol. The van der Waals surface area contributed by atoms with Crippen LogP contribution in [0.25, 0.3) is 17.2 Å². The molecule has 37 heavy (non-hydrogen) atoms. The number of anilines is 2. The number of methoxy groups -OCH3 is 1. The third kappa shape index (κ3) is 4.67. The molecule has 0 bridgehead atoms. The van der Waals surface area contributed by atoms with Crippen LogP contribution in [0.2, 0.25) is 0 Å². The number of carbonyl (C=O) groups is 1. The number of ether oxygens (including phenoxy) is 1. The first kappa shape index (κ1) is 24.2. The van der Waals surface area contributed by atoms with Crippen LogP contribution in [-0.4, -0.2) is 82.8 Å². The summed E-state index contributed by atoms with van der Waals surface area (Å²) >= 11 is 0. The van der Waals surface area contributed by atoms with Crippen molar-refractivity contribution in [3.05, 3.63) is 48.5 Å². The summed E-state index contributed by atoms with van der Waals surface area (Å²) in [5.41, 5.74) is -0.311. The quantitative estimate of drug-likeness (QED) is 0.355. The van der Waals surface area contributed by atoms with E-state index in [-0.39, 0.29) is 23.9 Å². The number of halogens is 2. The van der Waals surface area contributed by atoms with E-state index in [1.54, 1.807) is 31.3 Å². The number of nitrogens with zero attached hydrogens (tertiary/aromatic N) is 9. The number of aliphatic hydroxyl groups is 1. The molecule has 2 N–H and O–H groups in total. The Bertz CT molecular complexity index is 1440. The van der Waals surface area contributed by atoms with Gasteiger partial charge in [-0.2, -0.15) is 0 Å². The van der Waals surface area contributed by atoms with Gasteiger partial charge in [-0.3, -0.25) is 9.48 Å². The van der Waals surface area contributed by atoms with Gasteiger partial charge in [-0.25, -0.2) is 28.4 Å². The van der Waals surface area contributed by atoms with Crippen molar-refractivity contribution in [3.8, 4) is 23.1 Å². The number of hydrogen-bond acceptors (Lipinski definition) is 10. The van der Waals surface area contributed by atoms with Gasteiger partial charge in [-0.1, -0.05) is 11.3 Å². The van der Waals surface area contributed by atoms with Crippen molar-refractivity contribution in [2.75, 3.05) is 26.0 Å². The average Bonchev–Trinajstić information content (AvgIpc) is 3.60. The lowest BCUT2D eigenvalue weighted by molar-refractivity contribution is -0.143. The molecule has 0 radical (unpaired) electrons. The SMILES string of the molecule is COc1nn(CC(F)F)cc1Nc1nccc(-c2cccc(-n3cc(C4(O)CCN(C)C4=O)nn3)n2)n1. The summed E-state index contributed by atoms with van der Waals surface area (Å²) in [5.74, 6) is 0.249. The van der Waals surface area contributed by atoms with Gasteiger partial charge in [0.05, 0.1) is 30.9 Å². The molecule has 0 spiro atoms. The largest absolute Gasteiger partial charge is 0.478 e. The third-order valence-corrected chi connectivity index (χ3v) is 5.81. The van der Waals surface area contributed by atoms with Crippen LogP contribution in [0.15, 0.2) is 42.9 Å². The number of aromatic nitrogens is 8. The smallest absolute Gasteiger partial charge is 0.260 e. The molecule has 0 aromatic carbocycles. The molecular formula is C22H22F2N10O3. The first-order valence-electron chi connectivity index (χ1n) is 11.1. The van der Waals surface area contributed by atoms with Crippen LogP contribution in [0.1, 0.15) is 12.1 Å². The Morgan fingerprint density at radius 1 is 1.22 bits per heavy atom. The van der Waals surface area contributed by atoms with E-state index in [2.05, 4.69) is 35.7 Å². The Morgan fingerprint density at radius 3 is 2.76 bits per heavy atom. The van der Waals surface area contributed by atoms with Crippen molar-refractivity contribution in [2.24, 2.45) is 0 Å². The van der Waals surface area contributed by atoms with Gasteiger partial charge in [0.1, 0.15) is 17.9 Å². The average molecular weight is 512 g/mol. The van der Waals surface area contributed by atoms with Crippen molar-refractivity contribution in [1.29, 1.82) is 0 Å². The fourth-order valence-electron chi connectivity index (χ4n) is 3.91. The molecule has 13 nitrogen and oxygen atoms in total. The molecule has 15 heteroatoms. The molecular weight excluding hydrogens is 490 g/mol. The van der Waals surface area contributed by atoms with E-state index >= 15 is 0 Å². The molecule has 5 rings (SSSR count). The molecule has 4 aromatic rings. The molecule has 1 saturated heterocycles. The highest BCUT2D eigenvalue weighted by molar-refractivity contribution is 5.87. The van der Waals surface area contributed by atoms with Crippen LogP contribution in [-0.2, 0) is 16.9 Å². The topological polar surface area (TPSA) is 149 Å². The fraction of sp³-hybridized carbons (Fsp3) is 0.318. The maximum absolute atomic E-state index is 12.7. The molecule has 1 aliphatic rings. The molecule has 1 unspecified atom stereocenters. The van der Waals surface area contributed by atoms with E-state index in [0.717, 1.165) is 4.68 Å². The van der Waals surface area contributed by atoms with E-state index in [0.29, 0.717) is 29.4 Å². The Morgan fingerprint density at radius 2 is 2.03 bits per heavy atom. The molecule has 1 aliphatic heterocycles. The zero-order valence-corrected chi connectivity index (χ0v) is 19.8. The number of carbonyl (C=O) groups excluding carboxylic acids is 1. The number of likely N-dealkylation sites (tertiary alicyclic amines) is 1. The zero-order chi connectivity index (χ0) is 26.2. The summed E-state index contributed by atoms with van der Waals surface area (Å²) in [5, 5.41) is 25.8. The Kier molecular flexibility index (Phi) is 6.20. The second-order valence-corrected chi connectivity index (χ2v) is 8.32. The Hall–Kier alpha value is -4.53. The minimum absolute atomic E-state index is 0.116. The van der Waals surface area contributed by atoms with Gasteiger partial charge in [0, 0.05) is 26.2 Å². The van der Waals surface area contributed by atoms with Crippen molar-refractivity contribution in [3.63, 3.8) is 0 Å². The van der Waals surface area contributed by atoms with Crippen LogP contribution in [0.5, 0.6) is 5.88 Å². The standard InChI is InChI=1S/C22H22F2N10O3/c1-32-9-7-22(36,20(32)35)16-11-34(31-29-16)18-5-3-4-13(26-18)14-6-8-25-21(27-14)28-15-10-33(12-17(23)24)30-19(15)37-2/h3-6,8,10-11,17,36H,7,9,12H2,1-2H3,(H,25,27,28).